The molecule has 2 aromatic rings. The first-order chi connectivity index (χ1) is 15.0. The zero-order chi connectivity index (χ0) is 21.8. The summed E-state index contributed by atoms with van der Waals surface area (Å²) in [6.45, 7) is 7.39. The highest BCUT2D eigenvalue weighted by Crippen LogP contribution is 2.32. The largest absolute Gasteiger partial charge is 0.351 e. The third kappa shape index (κ3) is 5.16. The van der Waals surface area contributed by atoms with Crippen LogP contribution in [0.5, 0.6) is 0 Å². The number of nitrogens with zero attached hydrogens (tertiary/aromatic N) is 2. The van der Waals surface area contributed by atoms with Crippen LogP contribution in [0.1, 0.15) is 48.1 Å². The van der Waals surface area contributed by atoms with Crippen LogP contribution in [0.4, 0.5) is 0 Å². The average molecular weight is 420 g/mol. The van der Waals surface area contributed by atoms with Gasteiger partial charge in [-0.25, -0.2) is 0 Å². The van der Waals surface area contributed by atoms with Gasteiger partial charge < -0.3 is 10.2 Å². The number of amides is 2. The van der Waals surface area contributed by atoms with Crippen LogP contribution in [0, 0.1) is 12.8 Å². The van der Waals surface area contributed by atoms with Crippen molar-refractivity contribution >= 4 is 11.8 Å². The smallest absolute Gasteiger partial charge is 0.244 e. The number of fused-ring (bicyclic) bond motifs is 1. The summed E-state index contributed by atoms with van der Waals surface area (Å²) in [5.74, 6) is 0.779. The summed E-state index contributed by atoms with van der Waals surface area (Å²) in [5.41, 5.74) is 4.57. The number of benzene rings is 2. The van der Waals surface area contributed by atoms with Crippen LogP contribution < -0.4 is 5.32 Å². The van der Waals surface area contributed by atoms with Crippen molar-refractivity contribution in [2.75, 3.05) is 26.2 Å². The zero-order valence-electron chi connectivity index (χ0n) is 18.6. The van der Waals surface area contributed by atoms with Gasteiger partial charge in [-0.1, -0.05) is 61.0 Å². The molecule has 31 heavy (non-hydrogen) atoms. The van der Waals surface area contributed by atoms with Gasteiger partial charge >= 0.3 is 0 Å². The second kappa shape index (κ2) is 9.65. The standard InChI is InChI=1S/C26H33N3O2/c1-19-7-9-21(10-8-19)17-27-24(30)18-29-16-13-22-5-3-4-6-23(22)25(29)26(31)28-14-11-20(2)12-15-28/h3-10,20,25H,11-18H2,1-2H3,(H,27,30)/t25-/m0/s1. The average Bonchev–Trinajstić information content (AvgIpc) is 2.78. The Morgan fingerprint density at radius 3 is 2.45 bits per heavy atom. The predicted molar refractivity (Wildman–Crippen MR) is 122 cm³/mol. The summed E-state index contributed by atoms with van der Waals surface area (Å²) in [6.07, 6.45) is 2.97. The van der Waals surface area contributed by atoms with Gasteiger partial charge in [-0.3, -0.25) is 14.5 Å². The Morgan fingerprint density at radius 1 is 1.00 bits per heavy atom. The molecule has 1 fully saturated rings. The number of rotatable bonds is 5. The number of carbonyl (C=O) groups is 2. The summed E-state index contributed by atoms with van der Waals surface area (Å²) in [4.78, 5) is 30.4. The molecule has 4 rings (SSSR count). The quantitative estimate of drug-likeness (QED) is 0.807. The maximum atomic E-state index is 13.6. The van der Waals surface area contributed by atoms with Gasteiger partial charge in [0.05, 0.1) is 6.54 Å². The van der Waals surface area contributed by atoms with Crippen LogP contribution in [-0.2, 0) is 22.6 Å². The highest BCUT2D eigenvalue weighted by molar-refractivity contribution is 5.85. The van der Waals surface area contributed by atoms with Gasteiger partial charge in [0.25, 0.3) is 0 Å². The monoisotopic (exact) mass is 419 g/mol. The first-order valence-electron chi connectivity index (χ1n) is 11.4. The van der Waals surface area contributed by atoms with Crippen molar-refractivity contribution < 1.29 is 9.59 Å². The molecule has 1 N–H and O–H groups in total. The molecule has 164 valence electrons. The lowest BCUT2D eigenvalue weighted by molar-refractivity contribution is -0.140. The number of carbonyl (C=O) groups excluding carboxylic acids is 2. The summed E-state index contributed by atoms with van der Waals surface area (Å²) in [6, 6.07) is 16.0. The molecule has 5 nitrogen and oxygen atoms in total. The minimum Gasteiger partial charge on any atom is -0.351 e. The van der Waals surface area contributed by atoms with Crippen molar-refractivity contribution in [1.82, 2.24) is 15.1 Å². The van der Waals surface area contributed by atoms with E-state index in [-0.39, 0.29) is 24.4 Å². The summed E-state index contributed by atoms with van der Waals surface area (Å²) < 4.78 is 0. The lowest BCUT2D eigenvalue weighted by Gasteiger charge is -2.40. The topological polar surface area (TPSA) is 52.7 Å². The molecule has 0 aliphatic carbocycles. The van der Waals surface area contributed by atoms with E-state index in [2.05, 4.69) is 48.3 Å². The van der Waals surface area contributed by atoms with Crippen molar-refractivity contribution in [3.8, 4) is 0 Å². The molecular formula is C26H33N3O2. The molecule has 2 heterocycles. The fourth-order valence-electron chi connectivity index (χ4n) is 4.63. The molecule has 0 aromatic heterocycles. The summed E-state index contributed by atoms with van der Waals surface area (Å²) in [7, 11) is 0. The van der Waals surface area contributed by atoms with Crippen LogP contribution in [0.2, 0.25) is 0 Å². The van der Waals surface area contributed by atoms with Crippen LogP contribution in [0.3, 0.4) is 0 Å². The molecule has 0 unspecified atom stereocenters. The maximum Gasteiger partial charge on any atom is 0.244 e. The molecule has 0 radical (unpaired) electrons. The lowest BCUT2D eigenvalue weighted by Crippen LogP contribution is -2.50. The predicted octanol–water partition coefficient (Wildman–Crippen LogP) is 3.47. The molecule has 2 aliphatic rings. The van der Waals surface area contributed by atoms with E-state index in [9.17, 15) is 9.59 Å². The molecule has 0 saturated carbocycles. The maximum absolute atomic E-state index is 13.6. The van der Waals surface area contributed by atoms with Gasteiger partial charge in [-0.2, -0.15) is 0 Å². The highest BCUT2D eigenvalue weighted by atomic mass is 16.2. The molecule has 5 heteroatoms. The molecule has 2 aromatic carbocycles. The minimum atomic E-state index is -0.372. The van der Waals surface area contributed by atoms with E-state index in [1.165, 1.54) is 11.1 Å². The second-order valence-corrected chi connectivity index (χ2v) is 9.09. The Labute approximate surface area is 185 Å². The Morgan fingerprint density at radius 2 is 1.71 bits per heavy atom. The Kier molecular flexibility index (Phi) is 6.71. The van der Waals surface area contributed by atoms with Crippen LogP contribution in [0.25, 0.3) is 0 Å². The molecule has 2 amide bonds. The van der Waals surface area contributed by atoms with Crippen LogP contribution >= 0.6 is 0 Å². The summed E-state index contributed by atoms with van der Waals surface area (Å²) in [5, 5.41) is 3.03. The van der Waals surface area contributed by atoms with E-state index in [4.69, 9.17) is 0 Å². The van der Waals surface area contributed by atoms with E-state index in [1.54, 1.807) is 0 Å². The normalized spacial score (nSPS) is 19.7. The van der Waals surface area contributed by atoms with Crippen molar-refractivity contribution in [2.24, 2.45) is 5.92 Å². The first-order valence-corrected chi connectivity index (χ1v) is 11.4. The Balaban J connectivity index is 1.46. The van der Waals surface area contributed by atoms with Crippen molar-refractivity contribution in [1.29, 1.82) is 0 Å². The van der Waals surface area contributed by atoms with Gasteiger partial charge in [-0.15, -0.1) is 0 Å². The third-order valence-electron chi connectivity index (χ3n) is 6.67. The van der Waals surface area contributed by atoms with E-state index in [0.717, 1.165) is 50.0 Å². The van der Waals surface area contributed by atoms with E-state index in [1.807, 2.05) is 29.2 Å². The summed E-state index contributed by atoms with van der Waals surface area (Å²) >= 11 is 0. The first kappa shape index (κ1) is 21.6. The van der Waals surface area contributed by atoms with E-state index < -0.39 is 0 Å². The number of hydrogen-bond donors (Lipinski definition) is 1. The van der Waals surface area contributed by atoms with E-state index in [0.29, 0.717) is 12.5 Å². The third-order valence-corrected chi connectivity index (χ3v) is 6.67. The number of nitrogens with one attached hydrogen (secondary N) is 1. The van der Waals surface area contributed by atoms with Crippen LogP contribution in [0.15, 0.2) is 48.5 Å². The fraction of sp³-hybridized carbons (Fsp3) is 0.462. The number of piperidine rings is 1. The van der Waals surface area contributed by atoms with Crippen LogP contribution in [-0.4, -0.2) is 47.8 Å². The number of hydrogen-bond acceptors (Lipinski definition) is 3. The fourth-order valence-corrected chi connectivity index (χ4v) is 4.63. The van der Waals surface area contributed by atoms with Gasteiger partial charge in [0.1, 0.15) is 6.04 Å². The molecule has 0 bridgehead atoms. The zero-order valence-corrected chi connectivity index (χ0v) is 18.6. The molecule has 0 spiro atoms. The van der Waals surface area contributed by atoms with Gasteiger partial charge in [0.2, 0.25) is 11.8 Å². The Hall–Kier alpha value is -2.66. The number of likely N-dealkylation sites (tertiary alicyclic amines) is 1. The highest BCUT2D eigenvalue weighted by Gasteiger charge is 2.37. The molecule has 1 saturated heterocycles. The Bertz CT molecular complexity index is 917. The lowest BCUT2D eigenvalue weighted by atomic mass is 9.90. The van der Waals surface area contributed by atoms with Crippen molar-refractivity contribution in [3.63, 3.8) is 0 Å². The number of aryl methyl sites for hydroxylation is 1. The SMILES string of the molecule is Cc1ccc(CNC(=O)CN2CCc3ccccc3[C@H]2C(=O)N2CCC(C)CC2)cc1. The van der Waals surface area contributed by atoms with Crippen molar-refractivity contribution in [2.45, 2.75) is 45.7 Å². The molecule has 1 atom stereocenters. The van der Waals surface area contributed by atoms with Gasteiger partial charge in [0, 0.05) is 26.2 Å². The molecular weight excluding hydrogens is 386 g/mol. The van der Waals surface area contributed by atoms with Crippen molar-refractivity contribution in [3.05, 3.63) is 70.8 Å². The van der Waals surface area contributed by atoms with E-state index >= 15 is 0 Å². The minimum absolute atomic E-state index is 0.0370. The second-order valence-electron chi connectivity index (χ2n) is 9.09. The van der Waals surface area contributed by atoms with Gasteiger partial charge in [-0.05, 0) is 48.8 Å². The molecule has 2 aliphatic heterocycles. The van der Waals surface area contributed by atoms with Gasteiger partial charge in [0.15, 0.2) is 0 Å².